The normalized spacial score (nSPS) is 19.2. The Hall–Kier alpha value is -1.58. The standard InChI is InChI=1S/C15H21N3O2S/c1-3-20-15(19)13-12(11(7-16)14(17)21-13)9-18-6-4-5-10(2)8-18/h10H,3-6,8-9,17H2,1-2H3/t10-/m1/s1. The molecule has 1 aromatic heterocycles. The summed E-state index contributed by atoms with van der Waals surface area (Å²) in [6.45, 7) is 6.89. The van der Waals surface area contributed by atoms with Gasteiger partial charge in [0.15, 0.2) is 0 Å². The third kappa shape index (κ3) is 3.55. The fourth-order valence-electron chi connectivity index (χ4n) is 2.77. The van der Waals surface area contributed by atoms with Crippen LogP contribution in [0.4, 0.5) is 5.00 Å². The zero-order chi connectivity index (χ0) is 15.4. The summed E-state index contributed by atoms with van der Waals surface area (Å²) in [6, 6.07) is 2.13. The van der Waals surface area contributed by atoms with E-state index in [1.54, 1.807) is 6.92 Å². The molecular weight excluding hydrogens is 286 g/mol. The number of hydrogen-bond acceptors (Lipinski definition) is 6. The number of esters is 1. The van der Waals surface area contributed by atoms with Gasteiger partial charge in [0.1, 0.15) is 15.9 Å². The highest BCUT2D eigenvalue weighted by atomic mass is 32.1. The molecular formula is C15H21N3O2S. The molecule has 0 saturated carbocycles. The summed E-state index contributed by atoms with van der Waals surface area (Å²) < 4.78 is 5.08. The van der Waals surface area contributed by atoms with E-state index in [-0.39, 0.29) is 5.97 Å². The maximum absolute atomic E-state index is 12.1. The van der Waals surface area contributed by atoms with Crippen LogP contribution in [0.3, 0.4) is 0 Å². The van der Waals surface area contributed by atoms with Crippen molar-refractivity contribution in [1.82, 2.24) is 4.90 Å². The smallest absolute Gasteiger partial charge is 0.348 e. The third-order valence-corrected chi connectivity index (χ3v) is 4.77. The second-order valence-corrected chi connectivity index (χ2v) is 6.52. The highest BCUT2D eigenvalue weighted by Crippen LogP contribution is 2.33. The molecule has 0 radical (unpaired) electrons. The van der Waals surface area contributed by atoms with Gasteiger partial charge >= 0.3 is 5.97 Å². The Morgan fingerprint density at radius 3 is 3.00 bits per heavy atom. The number of rotatable bonds is 4. The Morgan fingerprint density at radius 2 is 2.38 bits per heavy atom. The molecule has 21 heavy (non-hydrogen) atoms. The molecule has 0 bridgehead atoms. The summed E-state index contributed by atoms with van der Waals surface area (Å²) in [4.78, 5) is 14.8. The number of ether oxygens (including phenoxy) is 1. The summed E-state index contributed by atoms with van der Waals surface area (Å²) >= 11 is 1.16. The third-order valence-electron chi connectivity index (χ3n) is 3.73. The predicted octanol–water partition coefficient (Wildman–Crippen LogP) is 2.61. The van der Waals surface area contributed by atoms with Gasteiger partial charge < -0.3 is 10.5 Å². The molecule has 0 aliphatic carbocycles. The summed E-state index contributed by atoms with van der Waals surface area (Å²) in [5, 5.41) is 9.72. The Kier molecular flexibility index (Phi) is 5.21. The molecule has 2 N–H and O–H groups in total. The molecule has 1 fully saturated rings. The van der Waals surface area contributed by atoms with Gasteiger partial charge in [0.05, 0.1) is 12.2 Å². The second-order valence-electron chi connectivity index (χ2n) is 5.46. The van der Waals surface area contributed by atoms with E-state index in [2.05, 4.69) is 17.9 Å². The number of piperidine rings is 1. The quantitative estimate of drug-likeness (QED) is 0.865. The van der Waals surface area contributed by atoms with E-state index in [0.717, 1.165) is 36.4 Å². The van der Waals surface area contributed by atoms with Crippen LogP contribution in [0.2, 0.25) is 0 Å². The molecule has 0 aromatic carbocycles. The highest BCUT2D eigenvalue weighted by Gasteiger charge is 2.25. The van der Waals surface area contributed by atoms with Crippen molar-refractivity contribution in [3.05, 3.63) is 16.0 Å². The van der Waals surface area contributed by atoms with Crippen LogP contribution >= 0.6 is 11.3 Å². The van der Waals surface area contributed by atoms with Gasteiger partial charge in [0.25, 0.3) is 0 Å². The molecule has 1 atom stereocenters. The molecule has 0 unspecified atom stereocenters. The van der Waals surface area contributed by atoms with E-state index < -0.39 is 0 Å². The van der Waals surface area contributed by atoms with Crippen LogP contribution in [0.1, 0.15) is 47.5 Å². The van der Waals surface area contributed by atoms with Crippen LogP contribution in [-0.4, -0.2) is 30.6 Å². The van der Waals surface area contributed by atoms with Crippen molar-refractivity contribution in [2.24, 2.45) is 5.92 Å². The Balaban J connectivity index is 2.27. The lowest BCUT2D eigenvalue weighted by Crippen LogP contribution is -2.34. The maximum Gasteiger partial charge on any atom is 0.348 e. The van der Waals surface area contributed by atoms with Crippen LogP contribution in [0.15, 0.2) is 0 Å². The van der Waals surface area contributed by atoms with Crippen molar-refractivity contribution in [3.63, 3.8) is 0 Å². The maximum atomic E-state index is 12.1. The van der Waals surface area contributed by atoms with Gasteiger partial charge in [-0.1, -0.05) is 6.92 Å². The minimum atomic E-state index is -0.379. The zero-order valence-electron chi connectivity index (χ0n) is 12.5. The molecule has 2 rings (SSSR count). The largest absolute Gasteiger partial charge is 0.462 e. The summed E-state index contributed by atoms with van der Waals surface area (Å²) in [5.41, 5.74) is 7.05. The van der Waals surface area contributed by atoms with Crippen molar-refractivity contribution >= 4 is 22.3 Å². The summed E-state index contributed by atoms with van der Waals surface area (Å²) in [6.07, 6.45) is 2.38. The number of nitriles is 1. The minimum Gasteiger partial charge on any atom is -0.462 e. The van der Waals surface area contributed by atoms with Crippen LogP contribution in [0, 0.1) is 17.2 Å². The first-order valence-corrected chi connectivity index (χ1v) is 8.09. The SMILES string of the molecule is CCOC(=O)c1sc(N)c(C#N)c1CN1CCC[C@@H](C)C1. The fraction of sp³-hybridized carbons (Fsp3) is 0.600. The molecule has 1 aromatic rings. The number of anilines is 1. The van der Waals surface area contributed by atoms with Crippen molar-refractivity contribution in [2.45, 2.75) is 33.2 Å². The number of thiophene rings is 1. The zero-order valence-corrected chi connectivity index (χ0v) is 13.3. The second kappa shape index (κ2) is 6.92. The number of carbonyl (C=O) groups is 1. The van der Waals surface area contributed by atoms with E-state index in [9.17, 15) is 10.1 Å². The number of hydrogen-bond donors (Lipinski definition) is 1. The molecule has 6 heteroatoms. The van der Waals surface area contributed by atoms with Crippen LogP contribution in [0.25, 0.3) is 0 Å². The number of carbonyl (C=O) groups excluding carboxylic acids is 1. The molecule has 114 valence electrons. The number of nitrogen functional groups attached to an aromatic ring is 1. The van der Waals surface area contributed by atoms with Gasteiger partial charge in [0, 0.05) is 18.7 Å². The number of likely N-dealkylation sites (tertiary alicyclic amines) is 1. The monoisotopic (exact) mass is 307 g/mol. The number of nitrogens with zero attached hydrogens (tertiary/aromatic N) is 2. The van der Waals surface area contributed by atoms with Crippen molar-refractivity contribution in [1.29, 1.82) is 5.26 Å². The molecule has 1 aliphatic heterocycles. The van der Waals surface area contributed by atoms with Gasteiger partial charge in [-0.2, -0.15) is 5.26 Å². The van der Waals surface area contributed by atoms with Crippen molar-refractivity contribution < 1.29 is 9.53 Å². The minimum absolute atomic E-state index is 0.318. The Morgan fingerprint density at radius 1 is 1.62 bits per heavy atom. The average Bonchev–Trinajstić information content (AvgIpc) is 2.75. The Bertz CT molecular complexity index is 562. The van der Waals surface area contributed by atoms with Gasteiger partial charge in [-0.05, 0) is 32.2 Å². The van der Waals surface area contributed by atoms with Gasteiger partial charge in [-0.3, -0.25) is 4.90 Å². The lowest BCUT2D eigenvalue weighted by Gasteiger charge is -2.30. The first-order chi connectivity index (χ1) is 10.1. The predicted molar refractivity (Wildman–Crippen MR) is 83.1 cm³/mol. The summed E-state index contributed by atoms with van der Waals surface area (Å²) in [7, 11) is 0. The molecule has 5 nitrogen and oxygen atoms in total. The lowest BCUT2D eigenvalue weighted by atomic mass is 9.99. The highest BCUT2D eigenvalue weighted by molar-refractivity contribution is 7.18. The van der Waals surface area contributed by atoms with E-state index in [1.165, 1.54) is 6.42 Å². The van der Waals surface area contributed by atoms with Crippen LogP contribution in [-0.2, 0) is 11.3 Å². The Labute approximate surface area is 129 Å². The first-order valence-electron chi connectivity index (χ1n) is 7.27. The summed E-state index contributed by atoms with van der Waals surface area (Å²) in [5.74, 6) is 0.266. The van der Waals surface area contributed by atoms with Crippen LogP contribution < -0.4 is 5.73 Å². The van der Waals surface area contributed by atoms with Crippen molar-refractivity contribution in [2.75, 3.05) is 25.4 Å². The molecule has 2 heterocycles. The van der Waals surface area contributed by atoms with Gasteiger partial charge in [-0.25, -0.2) is 4.79 Å². The van der Waals surface area contributed by atoms with Crippen molar-refractivity contribution in [3.8, 4) is 6.07 Å². The fourth-order valence-corrected chi connectivity index (χ4v) is 3.70. The topological polar surface area (TPSA) is 79.3 Å². The first kappa shape index (κ1) is 15.8. The van der Waals surface area contributed by atoms with E-state index in [4.69, 9.17) is 10.5 Å². The molecule has 1 saturated heterocycles. The van der Waals surface area contributed by atoms with Crippen LogP contribution in [0.5, 0.6) is 0 Å². The molecule has 0 amide bonds. The number of nitrogens with two attached hydrogens (primary N) is 1. The van der Waals surface area contributed by atoms with E-state index in [1.807, 2.05) is 0 Å². The molecule has 1 aliphatic rings. The van der Waals surface area contributed by atoms with E-state index >= 15 is 0 Å². The van der Waals surface area contributed by atoms with Gasteiger partial charge in [0.2, 0.25) is 0 Å². The van der Waals surface area contributed by atoms with Gasteiger partial charge in [-0.15, -0.1) is 11.3 Å². The lowest BCUT2D eigenvalue weighted by molar-refractivity contribution is 0.0529. The van der Waals surface area contributed by atoms with E-state index in [0.29, 0.717) is 34.5 Å². The average molecular weight is 307 g/mol. The molecule has 0 spiro atoms.